The van der Waals surface area contributed by atoms with E-state index in [2.05, 4.69) is 135 Å². The Morgan fingerprint density at radius 2 is 1.10 bits per heavy atom. The van der Waals surface area contributed by atoms with Gasteiger partial charge >= 0.3 is 5.69 Å². The van der Waals surface area contributed by atoms with Gasteiger partial charge in [0.25, 0.3) is 0 Å². The summed E-state index contributed by atoms with van der Waals surface area (Å²) in [5, 5.41) is 12.2. The number of aromatic nitrogens is 2. The van der Waals surface area contributed by atoms with Crippen LogP contribution in [0.25, 0.3) is 5.76 Å². The summed E-state index contributed by atoms with van der Waals surface area (Å²) in [5.74, 6) is 0.260. The first-order valence-electron chi connectivity index (χ1n) is 19.0. The summed E-state index contributed by atoms with van der Waals surface area (Å²) in [6.45, 7) is 41.2. The van der Waals surface area contributed by atoms with Crippen LogP contribution in [-0.4, -0.2) is 64.8 Å². The largest absolute Gasteiger partial charge is 0.483 e. The molecule has 2 rings (SSSR count). The smallest absolute Gasteiger partial charge is 0.335 e. The fourth-order valence-corrected chi connectivity index (χ4v) is 26.7. The minimum Gasteiger partial charge on any atom is -0.483 e. The van der Waals surface area contributed by atoms with Gasteiger partial charge in [-0.05, 0) is 55.9 Å². The summed E-state index contributed by atoms with van der Waals surface area (Å²) in [6, 6.07) is 0. The molecule has 0 fully saturated rings. The number of hydrogen-bond acceptors (Lipinski definition) is 8. The van der Waals surface area contributed by atoms with Gasteiger partial charge in [0.1, 0.15) is 18.5 Å². The predicted octanol–water partition coefficient (Wildman–Crippen LogP) is 12.1. The minimum atomic E-state index is -2.52. The second-order valence-electron chi connectivity index (χ2n) is 17.2. The van der Waals surface area contributed by atoms with E-state index in [0.29, 0.717) is 49.9 Å². The van der Waals surface area contributed by atoms with Crippen molar-refractivity contribution in [3.8, 4) is 0 Å². The molecule has 1 aromatic heterocycles. The molecule has 50 heavy (non-hydrogen) atoms. The topological polar surface area (TPSA) is 106 Å². The van der Waals surface area contributed by atoms with Crippen molar-refractivity contribution in [2.45, 2.75) is 193 Å². The van der Waals surface area contributed by atoms with Crippen LogP contribution in [0.2, 0.25) is 55.0 Å². The molecule has 0 unspecified atom stereocenters. The van der Waals surface area contributed by atoms with Crippen LogP contribution < -0.4 is 0 Å². The molecule has 1 aliphatic heterocycles. The molecule has 0 bridgehead atoms. The molecule has 0 saturated carbocycles. The number of nitro groups is 1. The lowest BCUT2D eigenvalue weighted by atomic mass is 10.0. The van der Waals surface area contributed by atoms with Crippen LogP contribution in [-0.2, 0) is 18.0 Å². The van der Waals surface area contributed by atoms with Crippen LogP contribution in [0.5, 0.6) is 0 Å². The third-order valence-corrected chi connectivity index (χ3v) is 30.3. The first-order valence-corrected chi connectivity index (χ1v) is 25.8. The number of nitrogens with zero attached hydrogens (tertiary/aromatic N) is 3. The third-order valence-electron chi connectivity index (χ3n) is 11.8. The quantitative estimate of drug-likeness (QED) is 0.0628. The first kappa shape index (κ1) is 45.0. The third kappa shape index (κ3) is 8.62. The highest BCUT2D eigenvalue weighted by molar-refractivity contribution is 6.78. The van der Waals surface area contributed by atoms with Gasteiger partial charge in [-0.25, -0.2) is 9.97 Å². The second kappa shape index (κ2) is 17.8. The number of hydrogen-bond donors (Lipinski definition) is 0. The van der Waals surface area contributed by atoms with Crippen molar-refractivity contribution < 1.29 is 22.9 Å². The van der Waals surface area contributed by atoms with E-state index in [-0.39, 0.29) is 28.9 Å². The van der Waals surface area contributed by atoms with Gasteiger partial charge in [0.15, 0.2) is 11.5 Å². The van der Waals surface area contributed by atoms with Crippen molar-refractivity contribution in [2.75, 3.05) is 6.61 Å². The van der Waals surface area contributed by atoms with Crippen molar-refractivity contribution in [3.63, 3.8) is 0 Å². The Hall–Kier alpha value is -1.16. The highest BCUT2D eigenvalue weighted by Gasteiger charge is 2.55. The van der Waals surface area contributed by atoms with Crippen LogP contribution in [0.3, 0.4) is 0 Å². The number of rotatable bonds is 18. The van der Waals surface area contributed by atoms with Crippen molar-refractivity contribution in [3.05, 3.63) is 33.4 Å². The molecule has 0 amide bonds. The summed E-state index contributed by atoms with van der Waals surface area (Å²) in [5.41, 5.74) is 2.55. The second-order valence-corrected chi connectivity index (χ2v) is 33.9. The molecule has 13 heteroatoms. The van der Waals surface area contributed by atoms with Gasteiger partial charge in [-0.2, -0.15) is 0 Å². The van der Waals surface area contributed by atoms with Gasteiger partial charge in [-0.3, -0.25) is 10.1 Å². The van der Waals surface area contributed by atoms with Crippen LogP contribution in [0, 0.1) is 10.1 Å². The summed E-state index contributed by atoms with van der Waals surface area (Å²) < 4.78 is 29.5. The monoisotopic (exact) mass is 771 g/mol. The Labute approximate surface area is 312 Å². The summed E-state index contributed by atoms with van der Waals surface area (Å²) in [4.78, 5) is 20.2. The number of halogens is 1. The molecular formula is C37H70ClN3O6Si3. The SMILES string of the molecule is CC(C)[Si](OC[C@H]1OC(c2ncnc(Cl)c2[N+](=O)[O-])=C[C@@H](O[Si](C(C)C)(C(C)C)C(C)C)[C@@H]1O[Si](C(C)C)(C(C)C)C(C)C)(C(C)C)C(C)C. The lowest BCUT2D eigenvalue weighted by Crippen LogP contribution is -2.61. The van der Waals surface area contributed by atoms with E-state index in [1.807, 2.05) is 6.08 Å². The van der Waals surface area contributed by atoms with E-state index in [0.717, 1.165) is 0 Å². The van der Waals surface area contributed by atoms with E-state index in [1.165, 1.54) is 6.33 Å². The van der Waals surface area contributed by atoms with Gasteiger partial charge < -0.3 is 18.0 Å². The predicted molar refractivity (Wildman–Crippen MR) is 215 cm³/mol. The molecule has 1 aliphatic rings. The van der Waals surface area contributed by atoms with Gasteiger partial charge in [0.2, 0.25) is 30.1 Å². The Kier molecular flexibility index (Phi) is 16.0. The normalized spacial score (nSPS) is 19.7. The maximum atomic E-state index is 12.4. The molecule has 0 aromatic carbocycles. The lowest BCUT2D eigenvalue weighted by Gasteiger charge is -2.52. The van der Waals surface area contributed by atoms with E-state index >= 15 is 0 Å². The summed E-state index contributed by atoms with van der Waals surface area (Å²) >= 11 is 6.36. The molecule has 2 heterocycles. The molecule has 3 atom stereocenters. The lowest BCUT2D eigenvalue weighted by molar-refractivity contribution is -0.385. The maximum absolute atomic E-state index is 12.4. The van der Waals surface area contributed by atoms with E-state index in [9.17, 15) is 10.1 Å². The van der Waals surface area contributed by atoms with Crippen LogP contribution >= 0.6 is 11.6 Å². The van der Waals surface area contributed by atoms with E-state index < -0.39 is 48.2 Å². The molecule has 0 radical (unpaired) electrons. The summed E-state index contributed by atoms with van der Waals surface area (Å²) in [6.07, 6.45) is 1.46. The highest BCUT2D eigenvalue weighted by atomic mass is 35.5. The molecule has 0 saturated heterocycles. The van der Waals surface area contributed by atoms with E-state index in [1.54, 1.807) is 0 Å². The minimum absolute atomic E-state index is 0.0399. The zero-order chi connectivity index (χ0) is 38.7. The Bertz CT molecular complexity index is 1240. The first-order chi connectivity index (χ1) is 23.0. The van der Waals surface area contributed by atoms with E-state index in [4.69, 9.17) is 29.6 Å². The zero-order valence-electron chi connectivity index (χ0n) is 34.5. The van der Waals surface area contributed by atoms with Gasteiger partial charge in [-0.15, -0.1) is 0 Å². The molecule has 0 N–H and O–H groups in total. The Morgan fingerprint density at radius 3 is 1.48 bits per heavy atom. The van der Waals surface area contributed by atoms with Crippen molar-refractivity contribution >= 4 is 48.0 Å². The van der Waals surface area contributed by atoms with Gasteiger partial charge in [0.05, 0.1) is 17.6 Å². The van der Waals surface area contributed by atoms with Gasteiger partial charge in [0, 0.05) is 0 Å². The highest BCUT2D eigenvalue weighted by Crippen LogP contribution is 2.49. The zero-order valence-corrected chi connectivity index (χ0v) is 38.2. The molecular weight excluding hydrogens is 702 g/mol. The molecule has 288 valence electrons. The molecule has 0 aliphatic carbocycles. The van der Waals surface area contributed by atoms with Crippen molar-refractivity contribution in [2.24, 2.45) is 0 Å². The summed E-state index contributed by atoms with van der Waals surface area (Å²) in [7, 11) is -7.39. The maximum Gasteiger partial charge on any atom is 0.335 e. The Balaban J connectivity index is 3.06. The van der Waals surface area contributed by atoms with Gasteiger partial charge in [-0.1, -0.05) is 136 Å². The standard InChI is InChI=1S/C37H70ClN3O6Si3/c1-22(2)48(23(3)4,24(5)6)44-20-33-36(47-50(28(13)14,29(15)16)30(17)18)32(46-49(25(7)8,26(9)10)27(11)12)19-31(45-33)34-35(41(42)43)37(38)40-21-39-34/h19,21-30,32-33,36H,20H2,1-18H3/t32-,33-,36+/m1/s1. The molecule has 1 aromatic rings. The van der Waals surface area contributed by atoms with Crippen LogP contribution in [0.15, 0.2) is 12.4 Å². The van der Waals surface area contributed by atoms with Crippen LogP contribution in [0.4, 0.5) is 5.69 Å². The Morgan fingerprint density at radius 1 is 0.700 bits per heavy atom. The average Bonchev–Trinajstić information content (AvgIpc) is 2.97. The molecule has 0 spiro atoms. The fourth-order valence-electron chi connectivity index (χ4n) is 9.95. The number of ether oxygens (including phenoxy) is 1. The molecule has 9 nitrogen and oxygen atoms in total. The van der Waals surface area contributed by atoms with Crippen molar-refractivity contribution in [1.29, 1.82) is 0 Å². The average molecular weight is 773 g/mol. The van der Waals surface area contributed by atoms with Crippen molar-refractivity contribution in [1.82, 2.24) is 9.97 Å². The van der Waals surface area contributed by atoms with Crippen LogP contribution in [0.1, 0.15) is 130 Å². The fraction of sp³-hybridized carbons (Fsp3) is 0.838.